The molecule has 1 nitrogen and oxygen atoms in total. The van der Waals surface area contributed by atoms with E-state index in [1.54, 1.807) is 0 Å². The Hall–Kier alpha value is -0.290. The number of thioether (sulfide) groups is 1. The van der Waals surface area contributed by atoms with Crippen molar-refractivity contribution in [2.75, 3.05) is 5.75 Å². The summed E-state index contributed by atoms with van der Waals surface area (Å²) in [5.74, 6) is 1.20. The Morgan fingerprint density at radius 2 is 2.11 bits per heavy atom. The van der Waals surface area contributed by atoms with Gasteiger partial charge in [-0.25, -0.2) is 0 Å². The Bertz CT molecular complexity index is 567. The van der Waals surface area contributed by atoms with Crippen molar-refractivity contribution in [1.82, 2.24) is 5.32 Å². The van der Waals surface area contributed by atoms with Crippen LogP contribution in [0.2, 0.25) is 0 Å². The van der Waals surface area contributed by atoms with Crippen LogP contribution in [0.1, 0.15) is 35.9 Å². The highest BCUT2D eigenvalue weighted by molar-refractivity contribution is 9.11. The van der Waals surface area contributed by atoms with Gasteiger partial charge in [0, 0.05) is 21.9 Å². The van der Waals surface area contributed by atoms with Crippen molar-refractivity contribution >= 4 is 39.0 Å². The van der Waals surface area contributed by atoms with Crippen LogP contribution in [-0.2, 0) is 0 Å². The second kappa shape index (κ2) is 6.00. The Balaban J connectivity index is 1.77. The fraction of sp³-hybridized carbons (Fsp3) is 0.333. The van der Waals surface area contributed by atoms with E-state index in [-0.39, 0.29) is 0 Å². The Labute approximate surface area is 130 Å². The minimum absolute atomic E-state index is 0.400. The molecule has 1 aliphatic heterocycles. The van der Waals surface area contributed by atoms with E-state index in [2.05, 4.69) is 64.6 Å². The van der Waals surface area contributed by atoms with Crippen LogP contribution in [-0.4, -0.2) is 5.75 Å². The Kier molecular flexibility index (Phi) is 4.32. The maximum absolute atomic E-state index is 3.78. The lowest BCUT2D eigenvalue weighted by atomic mass is 10.0. The molecular weight excluding hydrogens is 338 g/mol. The first-order valence-corrected chi connectivity index (χ1v) is 9.06. The molecule has 19 heavy (non-hydrogen) atoms. The average molecular weight is 354 g/mol. The first-order valence-electron chi connectivity index (χ1n) is 6.47. The summed E-state index contributed by atoms with van der Waals surface area (Å²) in [4.78, 5) is 2.83. The predicted molar refractivity (Wildman–Crippen MR) is 88.1 cm³/mol. The fourth-order valence-corrected chi connectivity index (χ4v) is 5.02. The fourth-order valence-electron chi connectivity index (χ4n) is 2.46. The van der Waals surface area contributed by atoms with Gasteiger partial charge < -0.3 is 5.32 Å². The van der Waals surface area contributed by atoms with Crippen molar-refractivity contribution in [3.63, 3.8) is 0 Å². The third-order valence-electron chi connectivity index (χ3n) is 3.43. The molecule has 0 bridgehead atoms. The molecule has 2 aromatic rings. The minimum Gasteiger partial charge on any atom is -0.303 e. The third-order valence-corrected chi connectivity index (χ3v) is 6.36. The van der Waals surface area contributed by atoms with Gasteiger partial charge in [-0.3, -0.25) is 0 Å². The SMILES string of the molecule is CC(NC1CCSc2ccccc21)c1ccc(Br)s1. The largest absolute Gasteiger partial charge is 0.303 e. The number of thiophene rings is 1. The van der Waals surface area contributed by atoms with Gasteiger partial charge in [-0.2, -0.15) is 0 Å². The summed E-state index contributed by atoms with van der Waals surface area (Å²) >= 11 is 7.33. The molecule has 4 heteroatoms. The maximum atomic E-state index is 3.78. The Morgan fingerprint density at radius 1 is 1.26 bits per heavy atom. The normalized spacial score (nSPS) is 20.0. The van der Waals surface area contributed by atoms with Crippen LogP contribution in [0, 0.1) is 0 Å². The standard InChI is InChI=1S/C15H16BrNS2/c1-10(13-6-7-15(16)19-13)17-12-8-9-18-14-5-3-2-4-11(12)14/h2-7,10,12,17H,8-9H2,1H3. The molecule has 3 rings (SSSR count). The lowest BCUT2D eigenvalue weighted by molar-refractivity contribution is 0.454. The summed E-state index contributed by atoms with van der Waals surface area (Å²) in [6.07, 6.45) is 1.21. The number of halogens is 1. The molecule has 0 aliphatic carbocycles. The van der Waals surface area contributed by atoms with Crippen LogP contribution >= 0.6 is 39.0 Å². The third kappa shape index (κ3) is 3.07. The summed E-state index contributed by atoms with van der Waals surface area (Å²) in [6, 6.07) is 14.0. The molecule has 0 amide bonds. The lowest BCUT2D eigenvalue weighted by Gasteiger charge is -2.28. The number of nitrogens with one attached hydrogen (secondary N) is 1. The van der Waals surface area contributed by atoms with Gasteiger partial charge in [0.15, 0.2) is 0 Å². The van der Waals surface area contributed by atoms with E-state index in [1.807, 2.05) is 23.1 Å². The minimum atomic E-state index is 0.400. The predicted octanol–water partition coefficient (Wildman–Crippen LogP) is 5.40. The lowest BCUT2D eigenvalue weighted by Crippen LogP contribution is -2.26. The number of rotatable bonds is 3. The number of hydrogen-bond donors (Lipinski definition) is 1. The molecule has 100 valence electrons. The molecule has 0 fully saturated rings. The molecule has 2 atom stereocenters. The highest BCUT2D eigenvalue weighted by Gasteiger charge is 2.22. The van der Waals surface area contributed by atoms with Crippen molar-refractivity contribution < 1.29 is 0 Å². The van der Waals surface area contributed by atoms with Gasteiger partial charge in [-0.1, -0.05) is 18.2 Å². The molecule has 2 unspecified atom stereocenters. The molecule has 1 aromatic carbocycles. The van der Waals surface area contributed by atoms with E-state index < -0.39 is 0 Å². The molecule has 1 aliphatic rings. The molecule has 0 radical (unpaired) electrons. The van der Waals surface area contributed by atoms with E-state index >= 15 is 0 Å². The van der Waals surface area contributed by atoms with Crippen LogP contribution in [0.25, 0.3) is 0 Å². The number of benzene rings is 1. The average Bonchev–Trinajstić information content (AvgIpc) is 2.86. The molecule has 0 spiro atoms. The zero-order chi connectivity index (χ0) is 13.2. The van der Waals surface area contributed by atoms with Crippen LogP contribution in [0.5, 0.6) is 0 Å². The first-order chi connectivity index (χ1) is 9.24. The monoisotopic (exact) mass is 353 g/mol. The summed E-state index contributed by atoms with van der Waals surface area (Å²) in [6.45, 7) is 2.25. The van der Waals surface area contributed by atoms with Crippen LogP contribution in [0.15, 0.2) is 45.1 Å². The van der Waals surface area contributed by atoms with Crippen molar-refractivity contribution in [2.45, 2.75) is 30.3 Å². The van der Waals surface area contributed by atoms with Crippen molar-refractivity contribution in [3.8, 4) is 0 Å². The van der Waals surface area contributed by atoms with Gasteiger partial charge in [0.1, 0.15) is 0 Å². The van der Waals surface area contributed by atoms with Gasteiger partial charge in [0.25, 0.3) is 0 Å². The van der Waals surface area contributed by atoms with Gasteiger partial charge in [-0.05, 0) is 58.8 Å². The number of hydrogen-bond acceptors (Lipinski definition) is 3. The van der Waals surface area contributed by atoms with Crippen molar-refractivity contribution in [2.24, 2.45) is 0 Å². The molecule has 1 N–H and O–H groups in total. The highest BCUT2D eigenvalue weighted by atomic mass is 79.9. The highest BCUT2D eigenvalue weighted by Crippen LogP contribution is 2.37. The summed E-state index contributed by atoms with van der Waals surface area (Å²) in [5, 5.41) is 3.78. The van der Waals surface area contributed by atoms with E-state index in [4.69, 9.17) is 0 Å². The van der Waals surface area contributed by atoms with Gasteiger partial charge in [-0.15, -0.1) is 23.1 Å². The van der Waals surface area contributed by atoms with E-state index in [0.717, 1.165) is 0 Å². The molecule has 0 saturated heterocycles. The topological polar surface area (TPSA) is 12.0 Å². The quantitative estimate of drug-likeness (QED) is 0.792. The first kappa shape index (κ1) is 13.7. The number of fused-ring (bicyclic) bond motifs is 1. The van der Waals surface area contributed by atoms with Crippen molar-refractivity contribution in [3.05, 3.63) is 50.6 Å². The van der Waals surface area contributed by atoms with Gasteiger partial charge in [0.05, 0.1) is 3.79 Å². The van der Waals surface area contributed by atoms with Gasteiger partial charge >= 0.3 is 0 Å². The van der Waals surface area contributed by atoms with E-state index in [9.17, 15) is 0 Å². The van der Waals surface area contributed by atoms with Crippen LogP contribution in [0.4, 0.5) is 0 Å². The summed E-state index contributed by atoms with van der Waals surface area (Å²) in [7, 11) is 0. The smallest absolute Gasteiger partial charge is 0.0701 e. The molecular formula is C15H16BrNS2. The summed E-state index contributed by atoms with van der Waals surface area (Å²) in [5.41, 5.74) is 1.46. The zero-order valence-electron chi connectivity index (χ0n) is 10.7. The summed E-state index contributed by atoms with van der Waals surface area (Å²) < 4.78 is 1.20. The van der Waals surface area contributed by atoms with Gasteiger partial charge in [0.2, 0.25) is 0 Å². The van der Waals surface area contributed by atoms with E-state index in [0.29, 0.717) is 12.1 Å². The van der Waals surface area contributed by atoms with Crippen molar-refractivity contribution in [1.29, 1.82) is 0 Å². The second-order valence-electron chi connectivity index (χ2n) is 4.76. The van der Waals surface area contributed by atoms with E-state index in [1.165, 1.54) is 31.3 Å². The molecule has 2 heterocycles. The maximum Gasteiger partial charge on any atom is 0.0701 e. The Morgan fingerprint density at radius 3 is 2.89 bits per heavy atom. The second-order valence-corrected chi connectivity index (χ2v) is 8.39. The van der Waals surface area contributed by atoms with Crippen LogP contribution < -0.4 is 5.32 Å². The zero-order valence-corrected chi connectivity index (χ0v) is 13.9. The molecule has 0 saturated carbocycles. The molecule has 1 aromatic heterocycles. The van der Waals surface area contributed by atoms with Crippen LogP contribution in [0.3, 0.4) is 0 Å².